The van der Waals surface area contributed by atoms with Gasteiger partial charge in [-0.05, 0) is 61.6 Å². The Kier molecular flexibility index (Phi) is 9.98. The normalized spacial score (nSPS) is 14.0. The van der Waals surface area contributed by atoms with E-state index in [4.69, 9.17) is 20.5 Å². The van der Waals surface area contributed by atoms with Crippen LogP contribution in [0.2, 0.25) is 5.02 Å². The molecule has 1 fully saturated rings. The number of carbonyl (C=O) groups is 2. The van der Waals surface area contributed by atoms with Crippen molar-refractivity contribution in [2.45, 2.75) is 77.6 Å². The molecule has 7 nitrogen and oxygen atoms in total. The number of hydrogen-bond acceptors (Lipinski definition) is 7. The molecule has 1 aliphatic carbocycles. The second-order valence-corrected chi connectivity index (χ2v) is 10.3. The molecule has 0 radical (unpaired) electrons. The molecule has 2 aromatic heterocycles. The van der Waals surface area contributed by atoms with Gasteiger partial charge in [0.15, 0.2) is 0 Å². The summed E-state index contributed by atoms with van der Waals surface area (Å²) in [5, 5.41) is 16.1. The SMILES string of the molecule is Cc1ccc(CC(=O)C[C@H](CCC(=O)[O-])c2noc(-c3ncc(CC(C)C)o3)c2C2CC2)c(Cl)c1.[Na+]. The predicted molar refractivity (Wildman–Crippen MR) is 129 cm³/mol. The summed E-state index contributed by atoms with van der Waals surface area (Å²) >= 11 is 6.33. The first-order valence-corrected chi connectivity index (χ1v) is 12.5. The van der Waals surface area contributed by atoms with Gasteiger partial charge in [0.2, 0.25) is 5.76 Å². The number of Topliss-reactive ketones (excluding diaryl/α,β-unsaturated/α-hetero) is 1. The Bertz CT molecular complexity index is 1210. The summed E-state index contributed by atoms with van der Waals surface area (Å²) in [5.41, 5.74) is 3.27. The molecule has 1 aliphatic rings. The number of hydrogen-bond donors (Lipinski definition) is 0. The second-order valence-electron chi connectivity index (χ2n) is 9.94. The molecule has 0 aliphatic heterocycles. The Balaban J connectivity index is 0.00000361. The average molecular weight is 521 g/mol. The van der Waals surface area contributed by atoms with E-state index >= 15 is 0 Å². The zero-order valence-corrected chi connectivity index (χ0v) is 24.1. The first-order valence-electron chi connectivity index (χ1n) is 12.1. The molecule has 0 unspecified atom stereocenters. The maximum Gasteiger partial charge on any atom is 1.00 e. The Morgan fingerprint density at radius 1 is 1.25 bits per heavy atom. The standard InChI is InChI=1S/C27H31ClN2O5.Na/c1-15(2)10-21-14-29-27(34-21)26-24(17-6-7-17)25(30-35-26)19(8-9-23(32)33)13-20(31)12-18-5-4-16(3)11-22(18)28;/h4-5,11,14-15,17,19H,6-10,12-13H2,1-3H3,(H,32,33);/q;+1/p-1/t19-;/m0./s1. The number of aromatic nitrogens is 2. The van der Waals surface area contributed by atoms with Crippen molar-refractivity contribution in [2.24, 2.45) is 5.92 Å². The molecular formula is C27H30ClN2NaO5. The average Bonchev–Trinajstić information content (AvgIpc) is 3.36. The maximum atomic E-state index is 13.0. The van der Waals surface area contributed by atoms with E-state index < -0.39 is 11.9 Å². The minimum absolute atomic E-state index is 0. The molecule has 3 aromatic rings. The third-order valence-corrected chi connectivity index (χ3v) is 6.60. The summed E-state index contributed by atoms with van der Waals surface area (Å²) in [6.07, 6.45) is 4.77. The van der Waals surface area contributed by atoms with Crippen molar-refractivity contribution < 1.29 is 53.2 Å². The van der Waals surface area contributed by atoms with Crippen LogP contribution < -0.4 is 34.7 Å². The fourth-order valence-electron chi connectivity index (χ4n) is 4.42. The summed E-state index contributed by atoms with van der Waals surface area (Å²) in [5.74, 6) is 0.663. The molecule has 4 rings (SSSR count). The van der Waals surface area contributed by atoms with Gasteiger partial charge in [-0.2, -0.15) is 0 Å². The Morgan fingerprint density at radius 3 is 2.64 bits per heavy atom. The van der Waals surface area contributed by atoms with Gasteiger partial charge in [-0.3, -0.25) is 4.79 Å². The fraction of sp³-hybridized carbons (Fsp3) is 0.481. The van der Waals surface area contributed by atoms with Crippen molar-refractivity contribution >= 4 is 23.4 Å². The van der Waals surface area contributed by atoms with Gasteiger partial charge in [-0.15, -0.1) is 0 Å². The van der Waals surface area contributed by atoms with Crippen molar-refractivity contribution in [3.05, 3.63) is 57.6 Å². The van der Waals surface area contributed by atoms with Gasteiger partial charge in [0, 0.05) is 41.7 Å². The summed E-state index contributed by atoms with van der Waals surface area (Å²) in [7, 11) is 0. The molecule has 9 heteroatoms. The number of aliphatic carboxylic acids is 1. The maximum absolute atomic E-state index is 13.0. The number of aryl methyl sites for hydroxylation is 1. The number of oxazole rings is 1. The van der Waals surface area contributed by atoms with E-state index in [1.165, 1.54) is 0 Å². The second kappa shape index (κ2) is 12.5. The number of carbonyl (C=O) groups excluding carboxylic acids is 2. The molecule has 1 saturated carbocycles. The van der Waals surface area contributed by atoms with E-state index in [1.54, 1.807) is 6.20 Å². The number of carboxylic acid groups (broad SMARTS) is 1. The van der Waals surface area contributed by atoms with Crippen LogP contribution in [0.1, 0.15) is 85.9 Å². The third-order valence-electron chi connectivity index (χ3n) is 6.25. The summed E-state index contributed by atoms with van der Waals surface area (Å²) in [4.78, 5) is 28.7. The molecule has 186 valence electrons. The van der Waals surface area contributed by atoms with Crippen LogP contribution in [0.4, 0.5) is 0 Å². The van der Waals surface area contributed by atoms with Gasteiger partial charge in [0.05, 0.1) is 11.9 Å². The Hall–Kier alpha value is -1.93. The van der Waals surface area contributed by atoms with Crippen LogP contribution in [0, 0.1) is 12.8 Å². The number of rotatable bonds is 12. The quantitative estimate of drug-likeness (QED) is 0.337. The number of halogens is 1. The van der Waals surface area contributed by atoms with E-state index in [1.807, 2.05) is 25.1 Å². The van der Waals surface area contributed by atoms with Crippen LogP contribution in [0.5, 0.6) is 0 Å². The third kappa shape index (κ3) is 7.31. The molecule has 36 heavy (non-hydrogen) atoms. The first-order chi connectivity index (χ1) is 16.7. The minimum Gasteiger partial charge on any atom is -0.550 e. The van der Waals surface area contributed by atoms with Gasteiger partial charge in [-0.25, -0.2) is 4.98 Å². The van der Waals surface area contributed by atoms with Crippen LogP contribution in [0.25, 0.3) is 11.7 Å². The van der Waals surface area contributed by atoms with Gasteiger partial charge in [0.1, 0.15) is 11.5 Å². The van der Waals surface area contributed by atoms with Crippen molar-refractivity contribution in [3.63, 3.8) is 0 Å². The summed E-state index contributed by atoms with van der Waals surface area (Å²) in [6, 6.07) is 5.60. The molecule has 0 bridgehead atoms. The van der Waals surface area contributed by atoms with Crippen LogP contribution in [0.15, 0.2) is 33.3 Å². The van der Waals surface area contributed by atoms with Crippen LogP contribution in [-0.4, -0.2) is 21.9 Å². The van der Waals surface area contributed by atoms with Crippen molar-refractivity contribution in [1.82, 2.24) is 10.1 Å². The smallest absolute Gasteiger partial charge is 0.550 e. The topological polar surface area (TPSA) is 109 Å². The Labute approximate surface area is 238 Å². The van der Waals surface area contributed by atoms with E-state index in [0.29, 0.717) is 28.3 Å². The summed E-state index contributed by atoms with van der Waals surface area (Å²) < 4.78 is 11.7. The van der Waals surface area contributed by atoms with Gasteiger partial charge in [-0.1, -0.05) is 42.7 Å². The van der Waals surface area contributed by atoms with Crippen molar-refractivity contribution in [1.29, 1.82) is 0 Å². The van der Waals surface area contributed by atoms with E-state index in [2.05, 4.69) is 24.0 Å². The molecule has 0 saturated heterocycles. The molecule has 2 heterocycles. The predicted octanol–water partition coefficient (Wildman–Crippen LogP) is 2.19. The van der Waals surface area contributed by atoms with E-state index in [0.717, 1.165) is 41.7 Å². The molecule has 1 aromatic carbocycles. The number of carboxylic acids is 1. The van der Waals surface area contributed by atoms with Gasteiger partial charge >= 0.3 is 29.6 Å². The number of benzene rings is 1. The monoisotopic (exact) mass is 520 g/mol. The summed E-state index contributed by atoms with van der Waals surface area (Å²) in [6.45, 7) is 6.15. The zero-order chi connectivity index (χ0) is 25.1. The molecule has 1 atom stereocenters. The van der Waals surface area contributed by atoms with Crippen LogP contribution in [0.3, 0.4) is 0 Å². The van der Waals surface area contributed by atoms with E-state index in [-0.39, 0.29) is 66.9 Å². The van der Waals surface area contributed by atoms with Crippen LogP contribution >= 0.6 is 11.6 Å². The fourth-order valence-corrected chi connectivity index (χ4v) is 4.72. The minimum atomic E-state index is -1.16. The zero-order valence-electron chi connectivity index (χ0n) is 21.3. The van der Waals surface area contributed by atoms with Gasteiger partial charge < -0.3 is 18.8 Å². The molecular weight excluding hydrogens is 491 g/mol. The van der Waals surface area contributed by atoms with E-state index in [9.17, 15) is 14.7 Å². The molecule has 0 spiro atoms. The number of nitrogens with zero attached hydrogens (tertiary/aromatic N) is 2. The molecule has 0 N–H and O–H groups in total. The van der Waals surface area contributed by atoms with Crippen LogP contribution in [-0.2, 0) is 22.4 Å². The number of ketones is 1. The Morgan fingerprint density at radius 2 is 2.00 bits per heavy atom. The largest absolute Gasteiger partial charge is 1.00 e. The van der Waals surface area contributed by atoms with Crippen molar-refractivity contribution in [3.8, 4) is 11.7 Å². The van der Waals surface area contributed by atoms with Crippen molar-refractivity contribution in [2.75, 3.05) is 0 Å². The first kappa shape index (κ1) is 28.6. The van der Waals surface area contributed by atoms with Gasteiger partial charge in [0.25, 0.3) is 5.89 Å². The molecule has 0 amide bonds.